The van der Waals surface area contributed by atoms with Crippen LogP contribution in [0.15, 0.2) is 53.5 Å². The van der Waals surface area contributed by atoms with E-state index in [2.05, 4.69) is 40.1 Å². The van der Waals surface area contributed by atoms with E-state index in [1.165, 1.54) is 5.69 Å². The van der Waals surface area contributed by atoms with Crippen LogP contribution in [0.2, 0.25) is 0 Å². The fourth-order valence-electron chi connectivity index (χ4n) is 2.75. The Kier molecular flexibility index (Phi) is 4.06. The maximum atomic E-state index is 11.7. The van der Waals surface area contributed by atoms with Crippen molar-refractivity contribution in [3.63, 3.8) is 0 Å². The fraction of sp³-hybridized carbons (Fsp3) is 0.353. The van der Waals surface area contributed by atoms with E-state index in [4.69, 9.17) is 0 Å². The highest BCUT2D eigenvalue weighted by molar-refractivity contribution is 5.46. The number of rotatable bonds is 3. The molecule has 1 aromatic carbocycles. The van der Waals surface area contributed by atoms with Crippen molar-refractivity contribution >= 4 is 5.69 Å². The summed E-state index contributed by atoms with van der Waals surface area (Å²) in [5, 5.41) is 0. The van der Waals surface area contributed by atoms with Crippen molar-refractivity contribution in [2.75, 3.05) is 31.1 Å². The number of anilines is 1. The standard InChI is InChI=1S/C17H21N3O/c1-18-8-7-15(13-17(18)21)14-19-9-11-20(12-10-19)16-5-3-2-4-6-16/h2-8,13H,9-12,14H2,1H3. The third kappa shape index (κ3) is 3.34. The van der Waals surface area contributed by atoms with Crippen molar-refractivity contribution in [3.05, 3.63) is 64.6 Å². The minimum atomic E-state index is 0.0652. The zero-order valence-electron chi connectivity index (χ0n) is 12.4. The van der Waals surface area contributed by atoms with Crippen molar-refractivity contribution < 1.29 is 0 Å². The molecule has 0 aliphatic carbocycles. The van der Waals surface area contributed by atoms with Gasteiger partial charge in [-0.2, -0.15) is 0 Å². The minimum Gasteiger partial charge on any atom is -0.369 e. The molecule has 4 heteroatoms. The van der Waals surface area contributed by atoms with Crippen molar-refractivity contribution in [2.45, 2.75) is 6.54 Å². The van der Waals surface area contributed by atoms with Gasteiger partial charge in [-0.05, 0) is 23.8 Å². The second-order valence-corrected chi connectivity index (χ2v) is 5.58. The lowest BCUT2D eigenvalue weighted by molar-refractivity contribution is 0.249. The lowest BCUT2D eigenvalue weighted by Crippen LogP contribution is -2.46. The lowest BCUT2D eigenvalue weighted by Gasteiger charge is -2.36. The minimum absolute atomic E-state index is 0.0652. The van der Waals surface area contributed by atoms with Gasteiger partial charge in [0.25, 0.3) is 5.56 Å². The van der Waals surface area contributed by atoms with Gasteiger partial charge in [0.15, 0.2) is 0 Å². The summed E-state index contributed by atoms with van der Waals surface area (Å²) in [6, 6.07) is 14.3. The van der Waals surface area contributed by atoms with E-state index in [9.17, 15) is 4.79 Å². The largest absolute Gasteiger partial charge is 0.369 e. The number of aromatic nitrogens is 1. The number of pyridine rings is 1. The molecule has 1 aromatic heterocycles. The molecule has 0 atom stereocenters. The summed E-state index contributed by atoms with van der Waals surface area (Å²) in [4.78, 5) is 16.5. The molecule has 21 heavy (non-hydrogen) atoms. The Balaban J connectivity index is 1.58. The summed E-state index contributed by atoms with van der Waals surface area (Å²) in [5.74, 6) is 0. The molecule has 0 spiro atoms. The molecule has 0 saturated carbocycles. The van der Waals surface area contributed by atoms with Gasteiger partial charge in [-0.3, -0.25) is 9.69 Å². The number of aryl methyl sites for hydroxylation is 1. The van der Waals surface area contributed by atoms with Gasteiger partial charge in [-0.25, -0.2) is 0 Å². The molecule has 3 rings (SSSR count). The molecule has 0 unspecified atom stereocenters. The first-order valence-corrected chi connectivity index (χ1v) is 7.40. The maximum absolute atomic E-state index is 11.7. The number of hydrogen-bond donors (Lipinski definition) is 0. The van der Waals surface area contributed by atoms with Crippen LogP contribution in [0.3, 0.4) is 0 Å². The molecule has 1 aliphatic heterocycles. The Bertz CT molecular complexity index is 643. The van der Waals surface area contributed by atoms with E-state index in [-0.39, 0.29) is 5.56 Å². The summed E-state index contributed by atoms with van der Waals surface area (Å²) in [5.41, 5.74) is 2.47. The van der Waals surface area contributed by atoms with E-state index in [1.54, 1.807) is 17.7 Å². The normalized spacial score (nSPS) is 16.1. The van der Waals surface area contributed by atoms with Crippen LogP contribution >= 0.6 is 0 Å². The van der Waals surface area contributed by atoms with Crippen LogP contribution in [0.5, 0.6) is 0 Å². The van der Waals surface area contributed by atoms with Gasteiger partial charge in [-0.1, -0.05) is 18.2 Å². The van der Waals surface area contributed by atoms with Gasteiger partial charge in [-0.15, -0.1) is 0 Å². The highest BCUT2D eigenvalue weighted by Crippen LogP contribution is 2.16. The molecule has 0 amide bonds. The quantitative estimate of drug-likeness (QED) is 0.858. The van der Waals surface area contributed by atoms with Crippen LogP contribution in [0, 0.1) is 0 Å². The van der Waals surface area contributed by atoms with Crippen LogP contribution in [-0.2, 0) is 13.6 Å². The molecule has 1 fully saturated rings. The number of hydrogen-bond acceptors (Lipinski definition) is 3. The predicted molar refractivity (Wildman–Crippen MR) is 85.6 cm³/mol. The summed E-state index contributed by atoms with van der Waals surface area (Å²) in [7, 11) is 1.78. The Morgan fingerprint density at radius 2 is 1.71 bits per heavy atom. The van der Waals surface area contributed by atoms with E-state index < -0.39 is 0 Å². The van der Waals surface area contributed by atoms with Crippen LogP contribution in [0.1, 0.15) is 5.56 Å². The molecule has 2 heterocycles. The molecule has 1 aliphatic rings. The summed E-state index contributed by atoms with van der Waals surface area (Å²) in [6.07, 6.45) is 1.85. The Labute approximate surface area is 125 Å². The van der Waals surface area contributed by atoms with E-state index >= 15 is 0 Å². The van der Waals surface area contributed by atoms with Crippen molar-refractivity contribution in [1.82, 2.24) is 9.47 Å². The number of nitrogens with zero attached hydrogens (tertiary/aromatic N) is 3. The summed E-state index contributed by atoms with van der Waals surface area (Å²) < 4.78 is 1.61. The van der Waals surface area contributed by atoms with Crippen molar-refractivity contribution in [3.8, 4) is 0 Å². The van der Waals surface area contributed by atoms with Crippen molar-refractivity contribution in [1.29, 1.82) is 0 Å². The van der Waals surface area contributed by atoms with Gasteiger partial charge >= 0.3 is 0 Å². The predicted octanol–water partition coefficient (Wildman–Crippen LogP) is 1.71. The van der Waals surface area contributed by atoms with Gasteiger partial charge < -0.3 is 9.47 Å². The van der Waals surface area contributed by atoms with Crippen molar-refractivity contribution in [2.24, 2.45) is 7.05 Å². The van der Waals surface area contributed by atoms with E-state index in [1.807, 2.05) is 12.3 Å². The molecule has 0 N–H and O–H groups in total. The number of benzene rings is 1. The molecule has 110 valence electrons. The number of para-hydroxylation sites is 1. The summed E-state index contributed by atoms with van der Waals surface area (Å²) >= 11 is 0. The van der Waals surface area contributed by atoms with Crippen LogP contribution in [-0.4, -0.2) is 35.6 Å². The van der Waals surface area contributed by atoms with Crippen LogP contribution < -0.4 is 10.5 Å². The molecule has 0 radical (unpaired) electrons. The third-order valence-corrected chi connectivity index (χ3v) is 4.07. The molecule has 4 nitrogen and oxygen atoms in total. The Morgan fingerprint density at radius 3 is 2.38 bits per heavy atom. The SMILES string of the molecule is Cn1ccc(CN2CCN(c3ccccc3)CC2)cc1=O. The van der Waals surface area contributed by atoms with Crippen LogP contribution in [0.4, 0.5) is 5.69 Å². The first kappa shape index (κ1) is 13.9. The lowest BCUT2D eigenvalue weighted by atomic mass is 10.2. The van der Waals surface area contributed by atoms with Gasteiger partial charge in [0, 0.05) is 57.7 Å². The highest BCUT2D eigenvalue weighted by atomic mass is 16.1. The number of piperazine rings is 1. The summed E-state index contributed by atoms with van der Waals surface area (Å²) in [6.45, 7) is 5.00. The van der Waals surface area contributed by atoms with Crippen LogP contribution in [0.25, 0.3) is 0 Å². The van der Waals surface area contributed by atoms with E-state index in [0.717, 1.165) is 38.3 Å². The zero-order valence-corrected chi connectivity index (χ0v) is 12.4. The second kappa shape index (κ2) is 6.14. The first-order chi connectivity index (χ1) is 10.2. The average Bonchev–Trinajstić information content (AvgIpc) is 2.53. The third-order valence-electron chi connectivity index (χ3n) is 4.07. The molecular weight excluding hydrogens is 262 g/mol. The Morgan fingerprint density at radius 1 is 1.00 bits per heavy atom. The Hall–Kier alpha value is -2.07. The van der Waals surface area contributed by atoms with Gasteiger partial charge in [0.05, 0.1) is 0 Å². The van der Waals surface area contributed by atoms with Gasteiger partial charge in [0.2, 0.25) is 0 Å². The monoisotopic (exact) mass is 283 g/mol. The topological polar surface area (TPSA) is 28.5 Å². The molecule has 0 bridgehead atoms. The molecule has 2 aromatic rings. The fourth-order valence-corrected chi connectivity index (χ4v) is 2.75. The van der Waals surface area contributed by atoms with E-state index in [0.29, 0.717) is 0 Å². The average molecular weight is 283 g/mol. The highest BCUT2D eigenvalue weighted by Gasteiger charge is 2.17. The smallest absolute Gasteiger partial charge is 0.250 e. The molecule has 1 saturated heterocycles. The first-order valence-electron chi connectivity index (χ1n) is 7.40. The van der Waals surface area contributed by atoms with Gasteiger partial charge in [0.1, 0.15) is 0 Å². The maximum Gasteiger partial charge on any atom is 0.250 e. The zero-order chi connectivity index (χ0) is 14.7. The molecular formula is C17H21N3O. The second-order valence-electron chi connectivity index (χ2n) is 5.58.